The van der Waals surface area contributed by atoms with Crippen LogP contribution >= 0.6 is 11.8 Å². The first-order chi connectivity index (χ1) is 16.4. The molecule has 2 aromatic heterocycles. The summed E-state index contributed by atoms with van der Waals surface area (Å²) in [6, 6.07) is 9.51. The molecule has 1 N–H and O–H groups in total. The molecule has 1 amide bonds. The van der Waals surface area contributed by atoms with E-state index in [-0.39, 0.29) is 17.4 Å². The van der Waals surface area contributed by atoms with Crippen LogP contribution in [0.25, 0.3) is 0 Å². The number of nitrogens with zero attached hydrogens (tertiary/aromatic N) is 4. The molecule has 11 heteroatoms. The normalized spacial score (nSPS) is 18.3. The summed E-state index contributed by atoms with van der Waals surface area (Å²) in [6.07, 6.45) is 2.81. The number of nitrogens with one attached hydrogen (secondary N) is 1. The minimum atomic E-state index is -2.89. The molecule has 0 spiro atoms. The number of carbonyl (C=O) groups excluding carboxylic acids is 1. The smallest absolute Gasteiger partial charge is 0.387 e. The van der Waals surface area contributed by atoms with Crippen LogP contribution in [0.4, 0.5) is 20.4 Å². The first-order valence-electron chi connectivity index (χ1n) is 11.1. The third-order valence-electron chi connectivity index (χ3n) is 5.44. The summed E-state index contributed by atoms with van der Waals surface area (Å²) in [5.41, 5.74) is 0.487. The standard InChI is InChI=1S/C23H27F2N5O3S/c1-15-10-16(2)12-29(11-15)22-27-28-23(30(22)13-19-4-3-9-32-19)34-14-20(31)26-17-5-7-18(8-6-17)33-21(24)25/h3-9,15-16,21H,10-14H2,1-2H3,(H,26,31). The number of alkyl halides is 2. The molecule has 2 atom stereocenters. The average Bonchev–Trinajstić information content (AvgIpc) is 3.43. The minimum Gasteiger partial charge on any atom is -0.467 e. The Balaban J connectivity index is 1.43. The Labute approximate surface area is 200 Å². The third-order valence-corrected chi connectivity index (χ3v) is 6.41. The first-order valence-corrected chi connectivity index (χ1v) is 12.0. The van der Waals surface area contributed by atoms with Crippen molar-refractivity contribution in [2.45, 2.75) is 38.6 Å². The van der Waals surface area contributed by atoms with Gasteiger partial charge in [0.05, 0.1) is 18.6 Å². The Kier molecular flexibility index (Phi) is 7.71. The van der Waals surface area contributed by atoms with Crippen LogP contribution in [0.5, 0.6) is 5.75 Å². The van der Waals surface area contributed by atoms with Crippen molar-refractivity contribution >= 4 is 29.3 Å². The van der Waals surface area contributed by atoms with Crippen LogP contribution in [0.2, 0.25) is 0 Å². The molecular weight excluding hydrogens is 464 g/mol. The van der Waals surface area contributed by atoms with Crippen molar-refractivity contribution < 1.29 is 22.7 Å². The highest BCUT2D eigenvalue weighted by molar-refractivity contribution is 7.99. The van der Waals surface area contributed by atoms with E-state index in [0.717, 1.165) is 24.8 Å². The van der Waals surface area contributed by atoms with Gasteiger partial charge in [-0.25, -0.2) is 0 Å². The summed E-state index contributed by atoms with van der Waals surface area (Å²) in [6.45, 7) is 3.85. The molecular formula is C23H27F2N5O3S. The molecule has 1 aliphatic rings. The van der Waals surface area contributed by atoms with Crippen molar-refractivity contribution in [3.05, 3.63) is 48.4 Å². The lowest BCUT2D eigenvalue weighted by molar-refractivity contribution is -0.113. The Hall–Kier alpha value is -3.08. The van der Waals surface area contributed by atoms with E-state index in [1.165, 1.54) is 42.4 Å². The SMILES string of the molecule is CC1CC(C)CN(c2nnc(SCC(=O)Nc3ccc(OC(F)F)cc3)n2Cc2ccco2)C1. The van der Waals surface area contributed by atoms with Crippen molar-refractivity contribution in [3.63, 3.8) is 0 Å². The van der Waals surface area contributed by atoms with Crippen LogP contribution in [0, 0.1) is 11.8 Å². The Bertz CT molecular complexity index is 1060. The largest absolute Gasteiger partial charge is 0.467 e. The average molecular weight is 492 g/mol. The van der Waals surface area contributed by atoms with E-state index >= 15 is 0 Å². The van der Waals surface area contributed by atoms with Gasteiger partial charge in [-0.1, -0.05) is 25.6 Å². The third kappa shape index (κ3) is 6.28. The lowest BCUT2D eigenvalue weighted by atomic mass is 9.92. The molecule has 3 aromatic rings. The van der Waals surface area contributed by atoms with Crippen LogP contribution in [-0.2, 0) is 11.3 Å². The highest BCUT2D eigenvalue weighted by Gasteiger charge is 2.27. The van der Waals surface area contributed by atoms with Crippen LogP contribution < -0.4 is 15.0 Å². The van der Waals surface area contributed by atoms with Gasteiger partial charge in [0, 0.05) is 18.8 Å². The fraction of sp³-hybridized carbons (Fsp3) is 0.435. The molecule has 0 radical (unpaired) electrons. The molecule has 4 rings (SSSR count). The van der Waals surface area contributed by atoms with Crippen LogP contribution in [0.3, 0.4) is 0 Å². The first kappa shape index (κ1) is 24.1. The number of piperidine rings is 1. The summed E-state index contributed by atoms with van der Waals surface area (Å²) in [4.78, 5) is 14.8. The number of carbonyl (C=O) groups is 1. The number of halogens is 2. The monoisotopic (exact) mass is 491 g/mol. The summed E-state index contributed by atoms with van der Waals surface area (Å²) >= 11 is 1.28. The lowest BCUT2D eigenvalue weighted by Gasteiger charge is -2.35. The summed E-state index contributed by atoms with van der Waals surface area (Å²) < 4.78 is 36.4. The molecule has 1 fully saturated rings. The molecule has 1 aliphatic heterocycles. The zero-order chi connectivity index (χ0) is 24.1. The second kappa shape index (κ2) is 10.9. The van der Waals surface area contributed by atoms with E-state index in [9.17, 15) is 13.6 Å². The number of thioether (sulfide) groups is 1. The van der Waals surface area contributed by atoms with Gasteiger partial charge in [-0.05, 0) is 54.7 Å². The van der Waals surface area contributed by atoms with Gasteiger partial charge >= 0.3 is 6.61 Å². The van der Waals surface area contributed by atoms with Crippen LogP contribution in [0.15, 0.2) is 52.2 Å². The Morgan fingerprint density at radius 3 is 2.59 bits per heavy atom. The number of hydrogen-bond donors (Lipinski definition) is 1. The van der Waals surface area contributed by atoms with Gasteiger partial charge in [0.1, 0.15) is 11.5 Å². The molecule has 182 valence electrons. The zero-order valence-corrected chi connectivity index (χ0v) is 19.8. The molecule has 2 unspecified atom stereocenters. The maximum atomic E-state index is 12.5. The van der Waals surface area contributed by atoms with Gasteiger partial charge in [-0.2, -0.15) is 8.78 Å². The number of amides is 1. The van der Waals surface area contributed by atoms with E-state index in [1.54, 1.807) is 6.26 Å². The molecule has 3 heterocycles. The van der Waals surface area contributed by atoms with Crippen molar-refractivity contribution in [1.82, 2.24) is 14.8 Å². The maximum absolute atomic E-state index is 12.5. The number of aromatic nitrogens is 3. The van der Waals surface area contributed by atoms with Crippen molar-refractivity contribution in [2.24, 2.45) is 11.8 Å². The molecule has 1 saturated heterocycles. The number of ether oxygens (including phenoxy) is 1. The summed E-state index contributed by atoms with van der Waals surface area (Å²) in [7, 11) is 0. The topological polar surface area (TPSA) is 85.4 Å². The number of anilines is 2. The molecule has 1 aromatic carbocycles. The molecule has 8 nitrogen and oxygen atoms in total. The van der Waals surface area contributed by atoms with Crippen LogP contribution in [0.1, 0.15) is 26.0 Å². The maximum Gasteiger partial charge on any atom is 0.387 e. The molecule has 0 saturated carbocycles. The predicted molar refractivity (Wildman–Crippen MR) is 125 cm³/mol. The van der Waals surface area contributed by atoms with Crippen molar-refractivity contribution in [2.75, 3.05) is 29.1 Å². The quantitative estimate of drug-likeness (QED) is 0.433. The van der Waals surface area contributed by atoms with E-state index in [4.69, 9.17) is 4.42 Å². The van der Waals surface area contributed by atoms with E-state index < -0.39 is 6.61 Å². The zero-order valence-electron chi connectivity index (χ0n) is 19.0. The summed E-state index contributed by atoms with van der Waals surface area (Å²) in [5, 5.41) is 12.2. The minimum absolute atomic E-state index is 0.0299. The summed E-state index contributed by atoms with van der Waals surface area (Å²) in [5.74, 6) is 2.54. The number of hydrogen-bond acceptors (Lipinski definition) is 7. The lowest BCUT2D eigenvalue weighted by Crippen LogP contribution is -2.40. The van der Waals surface area contributed by atoms with Gasteiger partial charge < -0.3 is 19.4 Å². The van der Waals surface area contributed by atoms with E-state index in [2.05, 4.69) is 39.0 Å². The molecule has 0 bridgehead atoms. The van der Waals surface area contributed by atoms with Gasteiger partial charge in [0.2, 0.25) is 11.9 Å². The van der Waals surface area contributed by atoms with Gasteiger partial charge in [-0.3, -0.25) is 9.36 Å². The second-order valence-electron chi connectivity index (χ2n) is 8.54. The van der Waals surface area contributed by atoms with E-state index in [0.29, 0.717) is 29.2 Å². The molecule has 34 heavy (non-hydrogen) atoms. The Morgan fingerprint density at radius 1 is 1.21 bits per heavy atom. The van der Waals surface area contributed by atoms with Crippen molar-refractivity contribution in [3.8, 4) is 5.75 Å². The second-order valence-corrected chi connectivity index (χ2v) is 9.48. The number of rotatable bonds is 9. The predicted octanol–water partition coefficient (Wildman–Crippen LogP) is 4.73. The van der Waals surface area contributed by atoms with Gasteiger partial charge in [0.15, 0.2) is 5.16 Å². The fourth-order valence-electron chi connectivity index (χ4n) is 4.19. The number of benzene rings is 1. The van der Waals surface area contributed by atoms with E-state index in [1.807, 2.05) is 16.7 Å². The van der Waals surface area contributed by atoms with Gasteiger partial charge in [0.25, 0.3) is 0 Å². The Morgan fingerprint density at radius 2 is 1.94 bits per heavy atom. The highest BCUT2D eigenvalue weighted by atomic mass is 32.2. The highest BCUT2D eigenvalue weighted by Crippen LogP contribution is 2.29. The van der Waals surface area contributed by atoms with Crippen LogP contribution in [-0.4, -0.2) is 46.1 Å². The van der Waals surface area contributed by atoms with Gasteiger partial charge in [-0.15, -0.1) is 10.2 Å². The number of furan rings is 1. The fourth-order valence-corrected chi connectivity index (χ4v) is 4.92. The molecule has 0 aliphatic carbocycles. The van der Waals surface area contributed by atoms with Crippen molar-refractivity contribution in [1.29, 1.82) is 0 Å².